The maximum absolute atomic E-state index is 12.1. The third-order valence-electron chi connectivity index (χ3n) is 2.60. The molecule has 5 nitrogen and oxygen atoms in total. The summed E-state index contributed by atoms with van der Waals surface area (Å²) in [6.07, 6.45) is 3.14. The minimum absolute atomic E-state index is 0.0766. The van der Waals surface area contributed by atoms with Crippen LogP contribution in [0.2, 0.25) is 0 Å². The first-order valence-electron chi connectivity index (χ1n) is 5.84. The fraction of sp³-hybridized carbons (Fsp3) is 0.0714. The molecule has 0 aliphatic heterocycles. The summed E-state index contributed by atoms with van der Waals surface area (Å²) in [7, 11) is 0. The van der Waals surface area contributed by atoms with Gasteiger partial charge < -0.3 is 11.1 Å². The first-order valence-corrected chi connectivity index (χ1v) is 6.63. The number of benzene rings is 1. The molecule has 0 saturated heterocycles. The Morgan fingerprint density at radius 1 is 1.25 bits per heavy atom. The molecule has 0 spiro atoms. The Labute approximate surface area is 124 Å². The van der Waals surface area contributed by atoms with Crippen LogP contribution in [0.5, 0.6) is 0 Å². The number of halogens is 1. The molecule has 0 radical (unpaired) electrons. The van der Waals surface area contributed by atoms with Crippen LogP contribution in [0.1, 0.15) is 15.9 Å². The number of anilines is 1. The van der Waals surface area contributed by atoms with Crippen molar-refractivity contribution >= 4 is 33.4 Å². The highest BCUT2D eigenvalue weighted by molar-refractivity contribution is 9.10. The minimum Gasteiger partial charge on any atom is -0.369 e. The molecule has 0 fully saturated rings. The second-order valence-electron chi connectivity index (χ2n) is 4.15. The number of aromatic nitrogens is 1. The molecule has 3 N–H and O–H groups in total. The molecule has 102 valence electrons. The van der Waals surface area contributed by atoms with E-state index in [0.717, 1.165) is 4.47 Å². The lowest BCUT2D eigenvalue weighted by Crippen LogP contribution is -2.17. The van der Waals surface area contributed by atoms with Crippen molar-refractivity contribution in [3.63, 3.8) is 0 Å². The van der Waals surface area contributed by atoms with Gasteiger partial charge in [0.25, 0.3) is 5.91 Å². The SMILES string of the molecule is NC(=O)Cc1ccccc1NC(=O)c1cncc(Br)c1. The molecule has 0 aliphatic carbocycles. The summed E-state index contributed by atoms with van der Waals surface area (Å²) in [4.78, 5) is 27.1. The van der Waals surface area contributed by atoms with Gasteiger partial charge in [-0.3, -0.25) is 14.6 Å². The smallest absolute Gasteiger partial charge is 0.257 e. The van der Waals surface area contributed by atoms with Crippen molar-refractivity contribution in [2.45, 2.75) is 6.42 Å². The molecule has 0 saturated carbocycles. The zero-order chi connectivity index (χ0) is 14.5. The number of primary amides is 1. The standard InChI is InChI=1S/C14H12BrN3O2/c15-11-5-10(7-17-8-11)14(20)18-12-4-2-1-3-9(12)6-13(16)19/h1-5,7-8H,6H2,(H2,16,19)(H,18,20). The lowest BCUT2D eigenvalue weighted by Gasteiger charge is -2.10. The quantitative estimate of drug-likeness (QED) is 0.898. The van der Waals surface area contributed by atoms with Crippen LogP contribution in [-0.2, 0) is 11.2 Å². The van der Waals surface area contributed by atoms with Crippen LogP contribution < -0.4 is 11.1 Å². The molecular formula is C14H12BrN3O2. The largest absolute Gasteiger partial charge is 0.369 e. The molecule has 1 aromatic heterocycles. The fourth-order valence-electron chi connectivity index (χ4n) is 1.71. The van der Waals surface area contributed by atoms with E-state index in [9.17, 15) is 9.59 Å². The number of hydrogen-bond acceptors (Lipinski definition) is 3. The highest BCUT2D eigenvalue weighted by atomic mass is 79.9. The number of carbonyl (C=O) groups is 2. The Hall–Kier alpha value is -2.21. The van der Waals surface area contributed by atoms with Gasteiger partial charge in [-0.15, -0.1) is 0 Å². The van der Waals surface area contributed by atoms with E-state index >= 15 is 0 Å². The second-order valence-corrected chi connectivity index (χ2v) is 5.06. The van der Waals surface area contributed by atoms with Gasteiger partial charge in [0.1, 0.15) is 0 Å². The van der Waals surface area contributed by atoms with E-state index < -0.39 is 5.91 Å². The van der Waals surface area contributed by atoms with E-state index in [0.29, 0.717) is 16.8 Å². The average Bonchev–Trinajstić information content (AvgIpc) is 2.40. The van der Waals surface area contributed by atoms with E-state index in [4.69, 9.17) is 5.73 Å². The molecule has 1 aromatic carbocycles. The van der Waals surface area contributed by atoms with Gasteiger partial charge in [-0.1, -0.05) is 18.2 Å². The molecule has 1 heterocycles. The number of hydrogen-bond donors (Lipinski definition) is 2. The number of nitrogens with zero attached hydrogens (tertiary/aromatic N) is 1. The molecule has 20 heavy (non-hydrogen) atoms. The van der Waals surface area contributed by atoms with Crippen molar-refractivity contribution in [3.05, 3.63) is 58.3 Å². The zero-order valence-corrected chi connectivity index (χ0v) is 12.1. The average molecular weight is 334 g/mol. The number of para-hydroxylation sites is 1. The number of amides is 2. The minimum atomic E-state index is -0.448. The Balaban J connectivity index is 2.21. The number of nitrogens with one attached hydrogen (secondary N) is 1. The van der Waals surface area contributed by atoms with Gasteiger partial charge in [0.15, 0.2) is 0 Å². The molecular weight excluding hydrogens is 322 g/mol. The third kappa shape index (κ3) is 3.64. The molecule has 2 aromatic rings. The third-order valence-corrected chi connectivity index (χ3v) is 3.03. The normalized spacial score (nSPS) is 10.1. The second kappa shape index (κ2) is 6.29. The summed E-state index contributed by atoms with van der Waals surface area (Å²) in [5.41, 5.74) is 6.85. The highest BCUT2D eigenvalue weighted by Gasteiger charge is 2.10. The maximum atomic E-state index is 12.1. The van der Waals surface area contributed by atoms with Crippen molar-refractivity contribution < 1.29 is 9.59 Å². The van der Waals surface area contributed by atoms with E-state index in [1.807, 2.05) is 0 Å². The van der Waals surface area contributed by atoms with Gasteiger partial charge in [-0.2, -0.15) is 0 Å². The Morgan fingerprint density at radius 3 is 2.70 bits per heavy atom. The lowest BCUT2D eigenvalue weighted by molar-refractivity contribution is -0.117. The highest BCUT2D eigenvalue weighted by Crippen LogP contribution is 2.17. The van der Waals surface area contributed by atoms with Crippen LogP contribution in [0.25, 0.3) is 0 Å². The van der Waals surface area contributed by atoms with Gasteiger partial charge in [0, 0.05) is 22.6 Å². The number of carbonyl (C=O) groups excluding carboxylic acids is 2. The molecule has 0 atom stereocenters. The van der Waals surface area contributed by atoms with Gasteiger partial charge in [-0.25, -0.2) is 0 Å². The van der Waals surface area contributed by atoms with Crippen LogP contribution in [0.15, 0.2) is 47.2 Å². The molecule has 2 rings (SSSR count). The molecule has 6 heteroatoms. The van der Waals surface area contributed by atoms with Gasteiger partial charge in [0.05, 0.1) is 12.0 Å². The Kier molecular flexibility index (Phi) is 4.47. The first-order chi connectivity index (χ1) is 9.56. The fourth-order valence-corrected chi connectivity index (χ4v) is 2.08. The van der Waals surface area contributed by atoms with Crippen LogP contribution >= 0.6 is 15.9 Å². The van der Waals surface area contributed by atoms with Gasteiger partial charge in [0.2, 0.25) is 5.91 Å². The summed E-state index contributed by atoms with van der Waals surface area (Å²) in [6.45, 7) is 0. The van der Waals surface area contributed by atoms with E-state index in [-0.39, 0.29) is 12.3 Å². The number of pyridine rings is 1. The van der Waals surface area contributed by atoms with Gasteiger partial charge >= 0.3 is 0 Å². The lowest BCUT2D eigenvalue weighted by atomic mass is 10.1. The first kappa shape index (κ1) is 14.2. The Morgan fingerprint density at radius 2 is 2.00 bits per heavy atom. The van der Waals surface area contributed by atoms with Crippen LogP contribution in [0.4, 0.5) is 5.69 Å². The molecule has 2 amide bonds. The summed E-state index contributed by atoms with van der Waals surface area (Å²) in [5, 5.41) is 2.75. The van der Waals surface area contributed by atoms with Crippen molar-refractivity contribution in [2.24, 2.45) is 5.73 Å². The van der Waals surface area contributed by atoms with E-state index in [1.54, 1.807) is 36.5 Å². The molecule has 0 aliphatic rings. The number of nitrogens with two attached hydrogens (primary N) is 1. The monoisotopic (exact) mass is 333 g/mol. The predicted molar refractivity (Wildman–Crippen MR) is 79.2 cm³/mol. The van der Waals surface area contributed by atoms with Crippen LogP contribution in [0.3, 0.4) is 0 Å². The summed E-state index contributed by atoms with van der Waals surface area (Å²) in [6, 6.07) is 8.70. The van der Waals surface area contributed by atoms with Crippen molar-refractivity contribution in [3.8, 4) is 0 Å². The van der Waals surface area contributed by atoms with Crippen LogP contribution in [0, 0.1) is 0 Å². The van der Waals surface area contributed by atoms with E-state index in [1.165, 1.54) is 6.20 Å². The van der Waals surface area contributed by atoms with Crippen molar-refractivity contribution in [1.82, 2.24) is 4.98 Å². The Bertz CT molecular complexity index is 658. The van der Waals surface area contributed by atoms with Crippen molar-refractivity contribution in [2.75, 3.05) is 5.32 Å². The predicted octanol–water partition coefficient (Wildman–Crippen LogP) is 2.12. The van der Waals surface area contributed by atoms with Gasteiger partial charge in [-0.05, 0) is 33.6 Å². The molecule has 0 unspecified atom stereocenters. The van der Waals surface area contributed by atoms with Crippen LogP contribution in [-0.4, -0.2) is 16.8 Å². The molecule has 0 bridgehead atoms. The number of rotatable bonds is 4. The maximum Gasteiger partial charge on any atom is 0.257 e. The summed E-state index contributed by atoms with van der Waals surface area (Å²) < 4.78 is 0.718. The zero-order valence-electron chi connectivity index (χ0n) is 10.5. The topological polar surface area (TPSA) is 85.1 Å². The van der Waals surface area contributed by atoms with Crippen molar-refractivity contribution in [1.29, 1.82) is 0 Å². The summed E-state index contributed by atoms with van der Waals surface area (Å²) in [5.74, 6) is -0.744. The summed E-state index contributed by atoms with van der Waals surface area (Å²) >= 11 is 3.26. The van der Waals surface area contributed by atoms with E-state index in [2.05, 4.69) is 26.2 Å².